The van der Waals surface area contributed by atoms with Gasteiger partial charge in [-0.3, -0.25) is 0 Å². The molecule has 1 atom stereocenters. The number of nitrogens with one attached hydrogen (secondary N) is 1. The molecule has 1 N–H and O–H groups in total. The second-order valence-corrected chi connectivity index (χ2v) is 7.40. The lowest BCUT2D eigenvalue weighted by atomic mass is 9.92. The van der Waals surface area contributed by atoms with Crippen molar-refractivity contribution in [1.82, 2.24) is 5.32 Å². The van der Waals surface area contributed by atoms with Crippen molar-refractivity contribution in [2.45, 2.75) is 51.0 Å². The van der Waals surface area contributed by atoms with Crippen molar-refractivity contribution in [3.05, 3.63) is 22.2 Å². The largest absolute Gasteiger partial charge is 0.493 e. The topological polar surface area (TPSA) is 30.5 Å². The number of hydrogen-bond acceptors (Lipinski definition) is 3. The van der Waals surface area contributed by atoms with Crippen molar-refractivity contribution in [3.63, 3.8) is 0 Å². The van der Waals surface area contributed by atoms with Crippen LogP contribution < -0.4 is 14.8 Å². The van der Waals surface area contributed by atoms with E-state index in [1.165, 1.54) is 31.2 Å². The number of rotatable bonds is 5. The fourth-order valence-electron chi connectivity index (χ4n) is 3.61. The highest BCUT2D eigenvalue weighted by molar-refractivity contribution is 9.10. The van der Waals surface area contributed by atoms with Gasteiger partial charge in [-0.2, -0.15) is 0 Å². The highest BCUT2D eigenvalue weighted by Gasteiger charge is 2.21. The summed E-state index contributed by atoms with van der Waals surface area (Å²) in [7, 11) is 1.73. The summed E-state index contributed by atoms with van der Waals surface area (Å²) >= 11 is 3.69. The van der Waals surface area contributed by atoms with Crippen LogP contribution in [0.1, 0.15) is 44.1 Å². The first-order chi connectivity index (χ1) is 10.8. The molecule has 1 saturated carbocycles. The molecule has 0 radical (unpaired) electrons. The van der Waals surface area contributed by atoms with Crippen molar-refractivity contribution in [2.75, 3.05) is 20.2 Å². The van der Waals surface area contributed by atoms with Crippen molar-refractivity contribution < 1.29 is 9.47 Å². The Labute approximate surface area is 141 Å². The molecule has 2 fully saturated rings. The summed E-state index contributed by atoms with van der Waals surface area (Å²) in [6.07, 6.45) is 8.91. The average Bonchev–Trinajstić information content (AvgIpc) is 3.04. The SMILES string of the molecule is COc1cc(CC2CCCNC2)cc(Br)c1OC1CCCC1. The molecule has 1 aliphatic heterocycles. The average molecular weight is 368 g/mol. The van der Waals surface area contributed by atoms with E-state index in [4.69, 9.17) is 9.47 Å². The molecule has 1 aromatic carbocycles. The number of halogens is 1. The third kappa shape index (κ3) is 3.96. The Morgan fingerprint density at radius 1 is 1.18 bits per heavy atom. The Morgan fingerprint density at radius 2 is 2.00 bits per heavy atom. The third-order valence-electron chi connectivity index (χ3n) is 4.80. The van der Waals surface area contributed by atoms with E-state index in [0.717, 1.165) is 54.2 Å². The van der Waals surface area contributed by atoms with Crippen molar-refractivity contribution in [1.29, 1.82) is 0 Å². The van der Waals surface area contributed by atoms with Crippen molar-refractivity contribution in [2.24, 2.45) is 5.92 Å². The summed E-state index contributed by atoms with van der Waals surface area (Å²) in [5, 5.41) is 3.49. The van der Waals surface area contributed by atoms with E-state index in [9.17, 15) is 0 Å². The van der Waals surface area contributed by atoms with Gasteiger partial charge in [0.1, 0.15) is 0 Å². The first-order valence-electron chi connectivity index (χ1n) is 8.50. The van der Waals surface area contributed by atoms with Crippen LogP contribution in [0.4, 0.5) is 0 Å². The fourth-order valence-corrected chi connectivity index (χ4v) is 4.19. The first-order valence-corrected chi connectivity index (χ1v) is 9.29. The highest BCUT2D eigenvalue weighted by Crippen LogP contribution is 2.39. The van der Waals surface area contributed by atoms with E-state index in [1.807, 2.05) is 0 Å². The standard InChI is InChI=1S/C18H26BrNO2/c1-21-17-11-14(9-13-5-4-8-20-12-13)10-16(19)18(17)22-15-6-2-3-7-15/h10-11,13,15,20H,2-9,12H2,1H3. The Balaban J connectivity index is 1.73. The monoisotopic (exact) mass is 367 g/mol. The van der Waals surface area contributed by atoms with Gasteiger partial charge in [-0.15, -0.1) is 0 Å². The van der Waals surface area contributed by atoms with E-state index in [0.29, 0.717) is 6.10 Å². The second-order valence-electron chi connectivity index (χ2n) is 6.55. The molecule has 3 nitrogen and oxygen atoms in total. The van der Waals surface area contributed by atoms with Crippen molar-refractivity contribution in [3.8, 4) is 11.5 Å². The molecule has 3 rings (SSSR count). The van der Waals surface area contributed by atoms with Crippen LogP contribution in [0, 0.1) is 5.92 Å². The molecule has 122 valence electrons. The summed E-state index contributed by atoms with van der Waals surface area (Å²) in [5.74, 6) is 2.46. The van der Waals surface area contributed by atoms with Crippen LogP contribution in [0.3, 0.4) is 0 Å². The zero-order chi connectivity index (χ0) is 15.4. The minimum Gasteiger partial charge on any atom is -0.493 e. The molecular weight excluding hydrogens is 342 g/mol. The number of benzene rings is 1. The van der Waals surface area contributed by atoms with Crippen LogP contribution in [-0.2, 0) is 6.42 Å². The molecule has 1 aromatic rings. The fraction of sp³-hybridized carbons (Fsp3) is 0.667. The predicted molar refractivity (Wildman–Crippen MR) is 92.9 cm³/mol. The Hall–Kier alpha value is -0.740. The molecule has 1 unspecified atom stereocenters. The van der Waals surface area contributed by atoms with Crippen LogP contribution in [0.2, 0.25) is 0 Å². The smallest absolute Gasteiger partial charge is 0.175 e. The lowest BCUT2D eigenvalue weighted by Gasteiger charge is -2.24. The maximum Gasteiger partial charge on any atom is 0.175 e. The van der Waals surface area contributed by atoms with E-state index >= 15 is 0 Å². The maximum atomic E-state index is 6.19. The van der Waals surface area contributed by atoms with Gasteiger partial charge in [0.25, 0.3) is 0 Å². The van der Waals surface area contributed by atoms with Gasteiger partial charge >= 0.3 is 0 Å². The quantitative estimate of drug-likeness (QED) is 0.840. The van der Waals surface area contributed by atoms with Gasteiger partial charge in [0.05, 0.1) is 17.7 Å². The molecule has 1 heterocycles. The Bertz CT molecular complexity index is 494. The molecular formula is C18H26BrNO2. The van der Waals surface area contributed by atoms with E-state index < -0.39 is 0 Å². The molecule has 0 spiro atoms. The molecule has 0 amide bonds. The predicted octanol–water partition coefficient (Wildman–Crippen LogP) is 4.32. The summed E-state index contributed by atoms with van der Waals surface area (Å²) in [5.41, 5.74) is 1.33. The lowest BCUT2D eigenvalue weighted by molar-refractivity contribution is 0.199. The number of piperidine rings is 1. The molecule has 1 aliphatic carbocycles. The van der Waals surface area contributed by atoms with E-state index in [1.54, 1.807) is 7.11 Å². The van der Waals surface area contributed by atoms with Gasteiger partial charge in [-0.1, -0.05) is 0 Å². The zero-order valence-corrected chi connectivity index (χ0v) is 15.0. The van der Waals surface area contributed by atoms with Crippen LogP contribution in [-0.4, -0.2) is 26.3 Å². The molecule has 2 aliphatic rings. The summed E-state index contributed by atoms with van der Waals surface area (Å²) in [6.45, 7) is 2.29. The van der Waals surface area contributed by atoms with Gasteiger partial charge in [-0.05, 0) is 97.6 Å². The molecule has 1 saturated heterocycles. The summed E-state index contributed by atoms with van der Waals surface area (Å²) < 4.78 is 12.8. The summed E-state index contributed by atoms with van der Waals surface area (Å²) in [4.78, 5) is 0. The molecule has 0 aromatic heterocycles. The number of ether oxygens (including phenoxy) is 2. The van der Waals surface area contributed by atoms with Gasteiger partial charge in [0, 0.05) is 0 Å². The normalized spacial score (nSPS) is 22.7. The summed E-state index contributed by atoms with van der Waals surface area (Å²) in [6, 6.07) is 4.37. The van der Waals surface area contributed by atoms with E-state index in [-0.39, 0.29) is 0 Å². The molecule has 4 heteroatoms. The molecule has 22 heavy (non-hydrogen) atoms. The van der Waals surface area contributed by atoms with Crippen molar-refractivity contribution >= 4 is 15.9 Å². The lowest BCUT2D eigenvalue weighted by Crippen LogP contribution is -2.30. The Morgan fingerprint density at radius 3 is 2.68 bits per heavy atom. The van der Waals surface area contributed by atoms with Gasteiger partial charge in [0.2, 0.25) is 0 Å². The van der Waals surface area contributed by atoms with Crippen LogP contribution in [0.5, 0.6) is 11.5 Å². The molecule has 0 bridgehead atoms. The first kappa shape index (κ1) is 16.1. The minimum absolute atomic E-state index is 0.346. The number of methoxy groups -OCH3 is 1. The van der Waals surface area contributed by atoms with Gasteiger partial charge in [0.15, 0.2) is 11.5 Å². The Kier molecular flexibility index (Phi) is 5.64. The van der Waals surface area contributed by atoms with Crippen LogP contribution in [0.25, 0.3) is 0 Å². The zero-order valence-electron chi connectivity index (χ0n) is 13.4. The van der Waals surface area contributed by atoms with Gasteiger partial charge in [-0.25, -0.2) is 0 Å². The second kappa shape index (κ2) is 7.69. The maximum absolute atomic E-state index is 6.19. The highest BCUT2D eigenvalue weighted by atomic mass is 79.9. The van der Waals surface area contributed by atoms with Crippen LogP contribution >= 0.6 is 15.9 Å². The van der Waals surface area contributed by atoms with Gasteiger partial charge < -0.3 is 14.8 Å². The van der Waals surface area contributed by atoms with Crippen LogP contribution in [0.15, 0.2) is 16.6 Å². The van der Waals surface area contributed by atoms with E-state index in [2.05, 4.69) is 33.4 Å². The number of hydrogen-bond donors (Lipinski definition) is 1. The minimum atomic E-state index is 0.346. The third-order valence-corrected chi connectivity index (χ3v) is 5.39.